The minimum atomic E-state index is -0.516. The summed E-state index contributed by atoms with van der Waals surface area (Å²) in [7, 11) is 0. The lowest BCUT2D eigenvalue weighted by Gasteiger charge is -2.26. The van der Waals surface area contributed by atoms with Gasteiger partial charge >= 0.3 is 5.97 Å². The van der Waals surface area contributed by atoms with Gasteiger partial charge in [-0.2, -0.15) is 0 Å². The van der Waals surface area contributed by atoms with Crippen LogP contribution in [0.4, 0.5) is 0 Å². The second-order valence-corrected chi connectivity index (χ2v) is 5.30. The van der Waals surface area contributed by atoms with Crippen molar-refractivity contribution < 1.29 is 9.53 Å². The van der Waals surface area contributed by atoms with Crippen molar-refractivity contribution >= 4 is 5.97 Å². The van der Waals surface area contributed by atoms with Gasteiger partial charge in [-0.3, -0.25) is 4.79 Å². The van der Waals surface area contributed by atoms with E-state index in [4.69, 9.17) is 4.74 Å². The second-order valence-electron chi connectivity index (χ2n) is 5.30. The monoisotopic (exact) mass is 246 g/mol. The van der Waals surface area contributed by atoms with Gasteiger partial charge < -0.3 is 4.74 Å². The molecule has 1 unspecified atom stereocenters. The fourth-order valence-corrected chi connectivity index (χ4v) is 2.30. The largest absolute Gasteiger partial charge is 0.465 e. The van der Waals surface area contributed by atoms with Crippen LogP contribution in [0.1, 0.15) is 57.1 Å². The van der Waals surface area contributed by atoms with Crippen LogP contribution in [0.2, 0.25) is 0 Å². The first-order chi connectivity index (χ1) is 8.61. The molecule has 2 nitrogen and oxygen atoms in total. The zero-order valence-electron chi connectivity index (χ0n) is 11.5. The van der Waals surface area contributed by atoms with Gasteiger partial charge in [-0.15, -0.1) is 0 Å². The van der Waals surface area contributed by atoms with E-state index in [1.165, 1.54) is 18.4 Å². The van der Waals surface area contributed by atoms with Gasteiger partial charge in [-0.1, -0.05) is 31.2 Å². The Kier molecular flexibility index (Phi) is 3.74. The molecular formula is C16H22O2. The fraction of sp³-hybridized carbons (Fsp3) is 0.562. The predicted octanol–water partition coefficient (Wildman–Crippen LogP) is 3.79. The van der Waals surface area contributed by atoms with E-state index in [-0.39, 0.29) is 5.97 Å². The number of benzene rings is 1. The summed E-state index contributed by atoms with van der Waals surface area (Å²) in [6.45, 7) is 6.29. The maximum atomic E-state index is 12.1. The molecule has 0 N–H and O–H groups in total. The van der Waals surface area contributed by atoms with Gasteiger partial charge in [-0.25, -0.2) is 0 Å². The van der Waals surface area contributed by atoms with E-state index >= 15 is 0 Å². The van der Waals surface area contributed by atoms with Crippen LogP contribution in [0.5, 0.6) is 0 Å². The van der Waals surface area contributed by atoms with Crippen molar-refractivity contribution in [1.82, 2.24) is 0 Å². The number of esters is 1. The molecule has 0 aliphatic heterocycles. The Morgan fingerprint density at radius 1 is 1.28 bits per heavy atom. The summed E-state index contributed by atoms with van der Waals surface area (Å²) < 4.78 is 5.20. The number of rotatable bonds is 5. The van der Waals surface area contributed by atoms with Gasteiger partial charge in [0.1, 0.15) is 0 Å². The minimum Gasteiger partial charge on any atom is -0.465 e. The summed E-state index contributed by atoms with van der Waals surface area (Å²) in [6.07, 6.45) is 3.37. The van der Waals surface area contributed by atoms with Gasteiger partial charge in [0, 0.05) is 0 Å². The summed E-state index contributed by atoms with van der Waals surface area (Å²) in [4.78, 5) is 12.1. The highest BCUT2D eigenvalue weighted by Crippen LogP contribution is 2.40. The molecule has 1 aromatic rings. The molecule has 0 spiro atoms. The number of carbonyl (C=O) groups excluding carboxylic acids is 1. The Balaban J connectivity index is 2.22. The third kappa shape index (κ3) is 2.43. The van der Waals surface area contributed by atoms with E-state index in [1.807, 2.05) is 20.8 Å². The molecule has 1 saturated carbocycles. The first-order valence-electron chi connectivity index (χ1n) is 6.89. The van der Waals surface area contributed by atoms with Crippen LogP contribution in [0, 0.1) is 0 Å². The Labute approximate surface area is 109 Å². The van der Waals surface area contributed by atoms with Crippen molar-refractivity contribution in [3.05, 3.63) is 35.4 Å². The van der Waals surface area contributed by atoms with Crippen molar-refractivity contribution in [2.75, 3.05) is 6.61 Å². The standard InChI is InChI=1S/C16H22O2/c1-4-16(3,15(17)18-5-2)14-10-8-13(9-11-14)12-6-7-12/h8-12H,4-7H2,1-3H3. The molecule has 18 heavy (non-hydrogen) atoms. The Hall–Kier alpha value is -1.31. The van der Waals surface area contributed by atoms with Crippen molar-refractivity contribution in [2.45, 2.75) is 51.4 Å². The summed E-state index contributed by atoms with van der Waals surface area (Å²) in [5.74, 6) is 0.640. The second kappa shape index (κ2) is 5.13. The first kappa shape index (κ1) is 13.1. The molecule has 1 aromatic carbocycles. The molecule has 1 atom stereocenters. The molecule has 2 heteroatoms. The van der Waals surface area contributed by atoms with Gasteiger partial charge in [0.2, 0.25) is 0 Å². The van der Waals surface area contributed by atoms with E-state index in [9.17, 15) is 4.79 Å². The zero-order chi connectivity index (χ0) is 13.2. The van der Waals surface area contributed by atoms with Gasteiger partial charge in [0.15, 0.2) is 0 Å². The lowest BCUT2D eigenvalue weighted by molar-refractivity contribution is -0.149. The third-order valence-corrected chi connectivity index (χ3v) is 4.03. The van der Waals surface area contributed by atoms with Crippen LogP contribution in [-0.4, -0.2) is 12.6 Å². The maximum absolute atomic E-state index is 12.1. The van der Waals surface area contributed by atoms with E-state index in [2.05, 4.69) is 24.3 Å². The Bertz CT molecular complexity index is 417. The van der Waals surface area contributed by atoms with E-state index < -0.39 is 5.41 Å². The van der Waals surface area contributed by atoms with Crippen LogP contribution in [0.25, 0.3) is 0 Å². The van der Waals surface area contributed by atoms with Crippen LogP contribution in [0.3, 0.4) is 0 Å². The highest BCUT2D eigenvalue weighted by Gasteiger charge is 2.35. The lowest BCUT2D eigenvalue weighted by Crippen LogP contribution is -2.33. The molecule has 0 aromatic heterocycles. The molecular weight excluding hydrogens is 224 g/mol. The maximum Gasteiger partial charge on any atom is 0.316 e. The Morgan fingerprint density at radius 3 is 2.33 bits per heavy atom. The molecule has 0 heterocycles. The van der Waals surface area contributed by atoms with E-state index in [0.717, 1.165) is 17.9 Å². The normalized spacial score (nSPS) is 18.2. The smallest absolute Gasteiger partial charge is 0.316 e. The molecule has 0 radical (unpaired) electrons. The molecule has 0 bridgehead atoms. The van der Waals surface area contributed by atoms with Crippen molar-refractivity contribution in [3.63, 3.8) is 0 Å². The number of ether oxygens (including phenoxy) is 1. The van der Waals surface area contributed by atoms with Crippen LogP contribution >= 0.6 is 0 Å². The first-order valence-corrected chi connectivity index (χ1v) is 6.89. The number of carbonyl (C=O) groups is 1. The summed E-state index contributed by atoms with van der Waals surface area (Å²) in [5.41, 5.74) is 1.95. The van der Waals surface area contributed by atoms with Crippen LogP contribution in [0.15, 0.2) is 24.3 Å². The molecule has 2 rings (SSSR count). The topological polar surface area (TPSA) is 26.3 Å². The average Bonchev–Trinajstić information content (AvgIpc) is 3.22. The number of hydrogen-bond donors (Lipinski definition) is 0. The molecule has 0 amide bonds. The highest BCUT2D eigenvalue weighted by atomic mass is 16.5. The summed E-state index contributed by atoms with van der Waals surface area (Å²) in [6, 6.07) is 8.52. The molecule has 98 valence electrons. The van der Waals surface area contributed by atoms with Gasteiger partial charge in [-0.05, 0) is 50.2 Å². The third-order valence-electron chi connectivity index (χ3n) is 4.03. The molecule has 1 fully saturated rings. The number of hydrogen-bond acceptors (Lipinski definition) is 2. The minimum absolute atomic E-state index is 0.119. The van der Waals surface area contributed by atoms with Crippen molar-refractivity contribution in [3.8, 4) is 0 Å². The predicted molar refractivity (Wildman–Crippen MR) is 72.7 cm³/mol. The van der Waals surface area contributed by atoms with Crippen LogP contribution < -0.4 is 0 Å². The van der Waals surface area contributed by atoms with Gasteiger partial charge in [0.25, 0.3) is 0 Å². The molecule has 1 aliphatic carbocycles. The van der Waals surface area contributed by atoms with Crippen LogP contribution in [-0.2, 0) is 14.9 Å². The lowest BCUT2D eigenvalue weighted by atomic mass is 9.79. The van der Waals surface area contributed by atoms with E-state index in [0.29, 0.717) is 6.61 Å². The highest BCUT2D eigenvalue weighted by molar-refractivity contribution is 5.82. The van der Waals surface area contributed by atoms with Gasteiger partial charge in [0.05, 0.1) is 12.0 Å². The van der Waals surface area contributed by atoms with Crippen molar-refractivity contribution in [1.29, 1.82) is 0 Å². The summed E-state index contributed by atoms with van der Waals surface area (Å²) >= 11 is 0. The molecule has 1 aliphatic rings. The molecule has 0 saturated heterocycles. The SMILES string of the molecule is CCOC(=O)C(C)(CC)c1ccc(C2CC2)cc1. The van der Waals surface area contributed by atoms with Crippen molar-refractivity contribution in [2.24, 2.45) is 0 Å². The fourth-order valence-electron chi connectivity index (χ4n) is 2.30. The quantitative estimate of drug-likeness (QED) is 0.739. The Morgan fingerprint density at radius 2 is 1.89 bits per heavy atom. The van der Waals surface area contributed by atoms with E-state index in [1.54, 1.807) is 0 Å². The summed E-state index contributed by atoms with van der Waals surface area (Å²) in [5, 5.41) is 0. The zero-order valence-corrected chi connectivity index (χ0v) is 11.5. The average molecular weight is 246 g/mol.